The molecular formula is C56H86F6O12S2Si2. The largest absolute Gasteiger partial charge is 0.534 e. The van der Waals surface area contributed by atoms with Crippen LogP contribution in [0.15, 0.2) is 110 Å². The van der Waals surface area contributed by atoms with Crippen molar-refractivity contribution < 1.29 is 80.1 Å². The molecule has 0 bridgehead atoms. The predicted molar refractivity (Wildman–Crippen MR) is 298 cm³/mol. The van der Waals surface area contributed by atoms with Crippen LogP contribution in [0.4, 0.5) is 26.3 Å². The lowest BCUT2D eigenvalue weighted by molar-refractivity contribution is -0.0532. The first-order chi connectivity index (χ1) is 35.8. The number of halogens is 6. The highest BCUT2D eigenvalue weighted by Gasteiger charge is 2.52. The van der Waals surface area contributed by atoms with E-state index in [9.17, 15) is 48.3 Å². The van der Waals surface area contributed by atoms with Gasteiger partial charge in [-0.2, -0.15) is 43.2 Å². The second-order valence-electron chi connectivity index (χ2n) is 23.2. The molecular weight excluding hydrogens is 1100 g/mol. The van der Waals surface area contributed by atoms with Gasteiger partial charge in [0.05, 0.1) is 30.5 Å². The van der Waals surface area contributed by atoms with Crippen molar-refractivity contribution >= 4 is 47.2 Å². The maximum atomic E-state index is 13.0. The molecule has 2 N–H and O–H groups in total. The highest BCUT2D eigenvalue weighted by molar-refractivity contribution is 7.88. The molecule has 0 aromatic heterocycles. The van der Waals surface area contributed by atoms with Crippen molar-refractivity contribution in [2.75, 3.05) is 13.2 Å². The molecule has 0 amide bonds. The van der Waals surface area contributed by atoms with Gasteiger partial charge in [-0.15, -0.1) is 0 Å². The van der Waals surface area contributed by atoms with Crippen molar-refractivity contribution in [1.29, 1.82) is 0 Å². The van der Waals surface area contributed by atoms with Crippen LogP contribution in [0.2, 0.25) is 23.2 Å². The molecule has 2 aliphatic rings. The van der Waals surface area contributed by atoms with E-state index in [2.05, 4.69) is 138 Å². The zero-order valence-electron chi connectivity index (χ0n) is 47.2. The summed E-state index contributed by atoms with van der Waals surface area (Å²) in [6.07, 6.45) is 4.99. The van der Waals surface area contributed by atoms with Gasteiger partial charge in [-0.3, -0.25) is 0 Å². The van der Waals surface area contributed by atoms with Crippen LogP contribution in [0.1, 0.15) is 132 Å². The van der Waals surface area contributed by atoms with Gasteiger partial charge in [0.15, 0.2) is 8.32 Å². The lowest BCUT2D eigenvalue weighted by atomic mass is 9.96. The third kappa shape index (κ3) is 19.7. The zero-order valence-corrected chi connectivity index (χ0v) is 50.8. The second kappa shape index (κ2) is 28.6. The van der Waals surface area contributed by atoms with Crippen LogP contribution in [0, 0.1) is 11.8 Å². The Morgan fingerprint density at radius 2 is 1.08 bits per heavy atom. The number of benzene rings is 2. The highest BCUT2D eigenvalue weighted by atomic mass is 32.2. The first kappa shape index (κ1) is 68.9. The Morgan fingerprint density at radius 3 is 1.47 bits per heavy atom. The Balaban J connectivity index is 0.000000498. The topological polar surface area (TPSA) is 164 Å². The smallest absolute Gasteiger partial charge is 0.414 e. The van der Waals surface area contributed by atoms with Crippen molar-refractivity contribution in [1.82, 2.24) is 0 Å². The molecule has 0 spiro atoms. The molecule has 2 aromatic carbocycles. The fraction of sp³-hybridized carbons (Fsp3) is 0.643. The minimum Gasteiger partial charge on any atom is -0.414 e. The van der Waals surface area contributed by atoms with Crippen molar-refractivity contribution in [3.63, 3.8) is 0 Å². The summed E-state index contributed by atoms with van der Waals surface area (Å²) in [5.41, 5.74) is -9.14. The summed E-state index contributed by atoms with van der Waals surface area (Å²) in [6.45, 7) is 36.1. The number of rotatable bonds is 28. The fourth-order valence-electron chi connectivity index (χ4n) is 9.33. The molecule has 22 heteroatoms. The molecule has 0 aliphatic carbocycles. The first-order valence-corrected chi connectivity index (χ1v) is 34.2. The van der Waals surface area contributed by atoms with E-state index < -0.39 is 77.3 Å². The normalized spacial score (nSPS) is 20.6. The molecule has 2 heterocycles. The number of ether oxygens (including phenoxy) is 2. The summed E-state index contributed by atoms with van der Waals surface area (Å²) >= 11 is 0. The molecule has 2 saturated heterocycles. The Hall–Kier alpha value is -3.33. The number of hydrogen-bond acceptors (Lipinski definition) is 12. The van der Waals surface area contributed by atoms with Crippen LogP contribution >= 0.6 is 0 Å². The van der Waals surface area contributed by atoms with Crippen molar-refractivity contribution in [3.05, 3.63) is 110 Å². The van der Waals surface area contributed by atoms with Crippen molar-refractivity contribution in [2.45, 2.75) is 203 Å². The summed E-state index contributed by atoms with van der Waals surface area (Å²) in [7, 11) is -16.5. The van der Waals surface area contributed by atoms with Crippen molar-refractivity contribution in [2.24, 2.45) is 11.8 Å². The summed E-state index contributed by atoms with van der Waals surface area (Å²) in [4.78, 5) is 0. The predicted octanol–water partition coefficient (Wildman–Crippen LogP) is 12.7. The van der Waals surface area contributed by atoms with Crippen LogP contribution in [-0.2, 0) is 46.9 Å². The molecule has 78 heavy (non-hydrogen) atoms. The summed E-state index contributed by atoms with van der Waals surface area (Å²) in [5.74, 6) is -2.52. The quantitative estimate of drug-likeness (QED) is 0.0158. The summed E-state index contributed by atoms with van der Waals surface area (Å²) in [5, 5.41) is 21.2. The number of alkyl halides is 6. The van der Waals surface area contributed by atoms with Gasteiger partial charge in [0.1, 0.15) is 11.5 Å². The lowest BCUT2D eigenvalue weighted by Crippen LogP contribution is -2.66. The van der Waals surface area contributed by atoms with Gasteiger partial charge < -0.3 is 36.9 Å². The SMILES string of the molecule is C=C(OS(=O)(=O)C(F)(F)F)C(C)C[C@H](CCC1OC(CCCO[Si](c2ccccc2)(c2ccccc2)C(C)(C)C)CC1=C)O[Si](C)(C)C(C)(C)C.C=C(OS(=O)(=O)C(F)(F)F)C(C)C[C@H](O)CCC1OC(CCCO)CC1=C. The zero-order chi connectivity index (χ0) is 59.3. The van der Waals surface area contributed by atoms with Gasteiger partial charge in [0.2, 0.25) is 0 Å². The van der Waals surface area contributed by atoms with Crippen LogP contribution < -0.4 is 10.4 Å². The second-order valence-corrected chi connectivity index (χ2v) is 35.4. The molecule has 2 aliphatic heterocycles. The van der Waals surface area contributed by atoms with E-state index in [1.807, 2.05) is 12.1 Å². The van der Waals surface area contributed by atoms with Crippen LogP contribution in [-0.4, -0.2) is 105 Å². The van der Waals surface area contributed by atoms with E-state index in [1.165, 1.54) is 17.3 Å². The molecule has 0 saturated carbocycles. The number of aliphatic hydroxyl groups is 2. The van der Waals surface area contributed by atoms with E-state index in [0.29, 0.717) is 45.1 Å². The Labute approximate surface area is 463 Å². The third-order valence-electron chi connectivity index (χ3n) is 14.8. The molecule has 8 atom stereocenters. The lowest BCUT2D eigenvalue weighted by Gasteiger charge is -2.43. The minimum absolute atomic E-state index is 0.000647. The van der Waals surface area contributed by atoms with E-state index in [1.54, 1.807) is 6.92 Å². The Kier molecular flexibility index (Phi) is 25.3. The Morgan fingerprint density at radius 1 is 0.667 bits per heavy atom. The van der Waals surface area contributed by atoms with Gasteiger partial charge in [-0.1, -0.05) is 142 Å². The van der Waals surface area contributed by atoms with Crippen molar-refractivity contribution in [3.8, 4) is 0 Å². The molecule has 444 valence electrons. The van der Waals surface area contributed by atoms with E-state index in [4.69, 9.17) is 23.4 Å². The van der Waals surface area contributed by atoms with Gasteiger partial charge in [0, 0.05) is 31.2 Å². The number of allylic oxidation sites excluding steroid dienone is 2. The molecule has 4 rings (SSSR count). The fourth-order valence-corrected chi connectivity index (χ4v) is 16.4. The van der Waals surface area contributed by atoms with Gasteiger partial charge >= 0.3 is 31.3 Å². The number of hydrogen-bond donors (Lipinski definition) is 2. The van der Waals surface area contributed by atoms with Gasteiger partial charge in [0.25, 0.3) is 8.32 Å². The average molecular weight is 1190 g/mol. The molecule has 0 radical (unpaired) electrons. The summed E-state index contributed by atoms with van der Waals surface area (Å²) in [6, 6.07) is 21.2. The van der Waals surface area contributed by atoms with Gasteiger partial charge in [-0.05, 0) is 122 Å². The standard InChI is InChI=1S/C39H59F3O6SSi2.C17H27F3O6S/c1-29(31(3)47-49(43,44)39(40,41)42)27-33(48-50(10,11)37(4,5)6)24-25-36-30(2)28-32(46-36)19-18-26-45-51(38(7,8)9,34-20-14-12-15-21-34)35-22-16-13-17-23-35;1-11(13(3)26-27(23,24)17(18,19)20)9-14(22)6-7-16-12(2)10-15(25-16)5-4-8-21/h12-17,20-23,29,32-33,36H,2-3,18-19,24-28H2,1,4-11H3;11,14-16,21-22H,2-10H2,1H3/t29?,32?,33-,36?;11?,14-,15?,16?/m01/s1. The average Bonchev–Trinajstić information content (AvgIpc) is 3.87. The van der Waals surface area contributed by atoms with Crippen LogP contribution in [0.5, 0.6) is 0 Å². The van der Waals surface area contributed by atoms with E-state index in [-0.39, 0.29) is 60.0 Å². The monoisotopic (exact) mass is 1180 g/mol. The third-order valence-corrected chi connectivity index (χ3v) is 26.4. The first-order valence-electron chi connectivity index (χ1n) is 26.6. The molecule has 6 unspecified atom stereocenters. The maximum absolute atomic E-state index is 13.0. The Bertz CT molecular complexity index is 2440. The van der Waals surface area contributed by atoms with E-state index in [0.717, 1.165) is 36.8 Å². The maximum Gasteiger partial charge on any atom is 0.534 e. The van der Waals surface area contributed by atoms with Crippen LogP contribution in [0.3, 0.4) is 0 Å². The molecule has 2 aromatic rings. The van der Waals surface area contributed by atoms with Gasteiger partial charge in [-0.25, -0.2) is 0 Å². The molecule has 12 nitrogen and oxygen atoms in total. The van der Waals surface area contributed by atoms with Crippen LogP contribution in [0.25, 0.3) is 0 Å². The summed E-state index contributed by atoms with van der Waals surface area (Å²) < 4.78 is 156. The minimum atomic E-state index is -5.80. The molecule has 2 fully saturated rings. The van der Waals surface area contributed by atoms with E-state index >= 15 is 0 Å². The number of aliphatic hydroxyl groups excluding tert-OH is 2. The highest BCUT2D eigenvalue weighted by Crippen LogP contribution is 2.41.